The van der Waals surface area contributed by atoms with Gasteiger partial charge in [0.25, 0.3) is 0 Å². The zero-order valence-electron chi connectivity index (χ0n) is 10.3. The molecule has 1 amide bonds. The Morgan fingerprint density at radius 2 is 2.00 bits per heavy atom. The average Bonchev–Trinajstić information content (AvgIpc) is 2.34. The summed E-state index contributed by atoms with van der Waals surface area (Å²) in [6.45, 7) is 2.85. The maximum Gasteiger partial charge on any atom is 0.223 e. The summed E-state index contributed by atoms with van der Waals surface area (Å²) in [5.41, 5.74) is 0. The molecule has 0 aromatic carbocycles. The van der Waals surface area contributed by atoms with Gasteiger partial charge in [0, 0.05) is 18.3 Å². The van der Waals surface area contributed by atoms with Gasteiger partial charge in [-0.1, -0.05) is 26.2 Å². The molecular formula is C13H24ClNO. The second-order valence-electron chi connectivity index (χ2n) is 4.84. The maximum absolute atomic E-state index is 11.7. The molecule has 1 rings (SSSR count). The molecule has 0 radical (unpaired) electrons. The predicted molar refractivity (Wildman–Crippen MR) is 68.7 cm³/mol. The molecule has 16 heavy (non-hydrogen) atoms. The normalized spacial score (nSPS) is 25.4. The van der Waals surface area contributed by atoms with Gasteiger partial charge in [-0.3, -0.25) is 4.79 Å². The fraction of sp³-hybridized carbons (Fsp3) is 0.923. The number of carbonyl (C=O) groups is 1. The van der Waals surface area contributed by atoms with Crippen LogP contribution in [0.15, 0.2) is 0 Å². The van der Waals surface area contributed by atoms with Gasteiger partial charge in [-0.25, -0.2) is 0 Å². The Balaban J connectivity index is 2.18. The first kappa shape index (κ1) is 13.8. The summed E-state index contributed by atoms with van der Waals surface area (Å²) >= 11 is 5.55. The second-order valence-corrected chi connectivity index (χ2v) is 5.22. The van der Waals surface area contributed by atoms with Crippen LogP contribution >= 0.6 is 11.6 Å². The Hall–Kier alpha value is -0.240. The largest absolute Gasteiger partial charge is 0.355 e. The number of carbonyl (C=O) groups excluding carboxylic acids is 1. The summed E-state index contributed by atoms with van der Waals surface area (Å²) in [6.07, 6.45) is 8.60. The van der Waals surface area contributed by atoms with Crippen molar-refractivity contribution >= 4 is 17.5 Å². The van der Waals surface area contributed by atoms with E-state index in [0.29, 0.717) is 12.4 Å². The molecule has 1 N–H and O–H groups in total. The van der Waals surface area contributed by atoms with E-state index in [4.69, 9.17) is 11.6 Å². The average molecular weight is 246 g/mol. The number of hydrogen-bond donors (Lipinski definition) is 1. The van der Waals surface area contributed by atoms with Crippen molar-refractivity contribution in [1.29, 1.82) is 0 Å². The van der Waals surface area contributed by atoms with Gasteiger partial charge in [0.15, 0.2) is 0 Å². The summed E-state index contributed by atoms with van der Waals surface area (Å²) in [6, 6.07) is 0. The van der Waals surface area contributed by atoms with Crippen LogP contribution in [0.5, 0.6) is 0 Å². The molecule has 0 aromatic heterocycles. The number of halogens is 1. The molecule has 0 heterocycles. The fourth-order valence-corrected chi connectivity index (χ4v) is 2.62. The number of hydrogen-bond acceptors (Lipinski definition) is 1. The van der Waals surface area contributed by atoms with Gasteiger partial charge in [-0.15, -0.1) is 11.6 Å². The van der Waals surface area contributed by atoms with Crippen LogP contribution in [-0.4, -0.2) is 18.3 Å². The van der Waals surface area contributed by atoms with Gasteiger partial charge in [0.1, 0.15) is 0 Å². The number of alkyl halides is 1. The van der Waals surface area contributed by atoms with E-state index < -0.39 is 0 Å². The van der Waals surface area contributed by atoms with Gasteiger partial charge < -0.3 is 5.32 Å². The molecule has 0 bridgehead atoms. The summed E-state index contributed by atoms with van der Waals surface area (Å²) in [7, 11) is 0. The van der Waals surface area contributed by atoms with Crippen molar-refractivity contribution in [3.8, 4) is 0 Å². The Morgan fingerprint density at radius 1 is 1.31 bits per heavy atom. The van der Waals surface area contributed by atoms with Crippen LogP contribution in [-0.2, 0) is 4.79 Å². The summed E-state index contributed by atoms with van der Waals surface area (Å²) < 4.78 is 0. The summed E-state index contributed by atoms with van der Waals surface area (Å²) in [5, 5.41) is 2.89. The molecule has 0 saturated heterocycles. The molecule has 0 spiro atoms. The van der Waals surface area contributed by atoms with Crippen molar-refractivity contribution in [3.63, 3.8) is 0 Å². The van der Waals surface area contributed by atoms with Crippen LogP contribution in [0.4, 0.5) is 0 Å². The second kappa shape index (κ2) is 7.94. The van der Waals surface area contributed by atoms with E-state index in [-0.39, 0.29) is 11.8 Å². The van der Waals surface area contributed by atoms with Crippen LogP contribution in [0.1, 0.15) is 51.9 Å². The molecular weight excluding hydrogens is 222 g/mol. The van der Waals surface area contributed by atoms with E-state index in [1.54, 1.807) is 0 Å². The zero-order chi connectivity index (χ0) is 11.8. The summed E-state index contributed by atoms with van der Waals surface area (Å²) in [5.74, 6) is 1.85. The Bertz CT molecular complexity index is 200. The van der Waals surface area contributed by atoms with E-state index in [1.165, 1.54) is 32.1 Å². The minimum absolute atomic E-state index is 0.217. The quantitative estimate of drug-likeness (QED) is 0.715. The lowest BCUT2D eigenvalue weighted by molar-refractivity contribution is -0.126. The van der Waals surface area contributed by atoms with E-state index in [0.717, 1.165) is 18.8 Å². The SMILES string of the molecule is CCCCC1CCC(C(=O)NCCCl)CC1. The van der Waals surface area contributed by atoms with E-state index >= 15 is 0 Å². The molecule has 0 aromatic rings. The third-order valence-corrected chi connectivity index (χ3v) is 3.77. The van der Waals surface area contributed by atoms with E-state index in [9.17, 15) is 4.79 Å². The Morgan fingerprint density at radius 3 is 2.56 bits per heavy atom. The van der Waals surface area contributed by atoms with Crippen LogP contribution < -0.4 is 5.32 Å². The number of nitrogens with one attached hydrogen (secondary N) is 1. The van der Waals surface area contributed by atoms with Crippen molar-refractivity contribution in [3.05, 3.63) is 0 Å². The molecule has 94 valence electrons. The molecule has 1 aliphatic carbocycles. The first-order valence-corrected chi connectivity index (χ1v) is 7.15. The van der Waals surface area contributed by atoms with Gasteiger partial charge in [-0.2, -0.15) is 0 Å². The minimum Gasteiger partial charge on any atom is -0.355 e. The lowest BCUT2D eigenvalue weighted by atomic mass is 9.79. The summed E-state index contributed by atoms with van der Waals surface area (Å²) in [4.78, 5) is 11.7. The molecule has 0 unspecified atom stereocenters. The first-order valence-electron chi connectivity index (χ1n) is 6.61. The van der Waals surface area contributed by atoms with Crippen LogP contribution in [0.3, 0.4) is 0 Å². The third-order valence-electron chi connectivity index (χ3n) is 3.58. The highest BCUT2D eigenvalue weighted by Crippen LogP contribution is 2.31. The van der Waals surface area contributed by atoms with E-state index in [1.807, 2.05) is 0 Å². The highest BCUT2D eigenvalue weighted by Gasteiger charge is 2.25. The number of unbranched alkanes of at least 4 members (excludes halogenated alkanes) is 1. The standard InChI is InChI=1S/C13H24ClNO/c1-2-3-4-11-5-7-12(8-6-11)13(16)15-10-9-14/h11-12H,2-10H2,1H3,(H,15,16). The van der Waals surface area contributed by atoms with Gasteiger partial charge in [0.2, 0.25) is 5.91 Å². The number of amides is 1. The van der Waals surface area contributed by atoms with Crippen LogP contribution in [0.2, 0.25) is 0 Å². The van der Waals surface area contributed by atoms with Crippen molar-refractivity contribution < 1.29 is 4.79 Å². The maximum atomic E-state index is 11.7. The van der Waals surface area contributed by atoms with E-state index in [2.05, 4.69) is 12.2 Å². The van der Waals surface area contributed by atoms with Crippen molar-refractivity contribution in [1.82, 2.24) is 5.32 Å². The lowest BCUT2D eigenvalue weighted by Crippen LogP contribution is -2.34. The van der Waals surface area contributed by atoms with Crippen molar-refractivity contribution in [2.24, 2.45) is 11.8 Å². The zero-order valence-corrected chi connectivity index (χ0v) is 11.1. The van der Waals surface area contributed by atoms with Gasteiger partial charge in [0.05, 0.1) is 0 Å². The van der Waals surface area contributed by atoms with Crippen molar-refractivity contribution in [2.45, 2.75) is 51.9 Å². The highest BCUT2D eigenvalue weighted by atomic mass is 35.5. The predicted octanol–water partition coefficient (Wildman–Crippen LogP) is 3.34. The van der Waals surface area contributed by atoms with Crippen molar-refractivity contribution in [2.75, 3.05) is 12.4 Å². The molecule has 1 aliphatic rings. The smallest absolute Gasteiger partial charge is 0.223 e. The Labute approximate surface area is 104 Å². The molecule has 2 nitrogen and oxygen atoms in total. The minimum atomic E-state index is 0.217. The molecule has 1 saturated carbocycles. The van der Waals surface area contributed by atoms with Crippen LogP contribution in [0.25, 0.3) is 0 Å². The molecule has 3 heteroatoms. The van der Waals surface area contributed by atoms with Gasteiger partial charge >= 0.3 is 0 Å². The Kier molecular flexibility index (Phi) is 6.86. The molecule has 1 fully saturated rings. The fourth-order valence-electron chi connectivity index (χ4n) is 2.52. The first-order chi connectivity index (χ1) is 7.77. The number of rotatable bonds is 6. The molecule has 0 aliphatic heterocycles. The van der Waals surface area contributed by atoms with Gasteiger partial charge in [-0.05, 0) is 31.6 Å². The highest BCUT2D eigenvalue weighted by molar-refractivity contribution is 6.18. The van der Waals surface area contributed by atoms with Crippen LogP contribution in [0, 0.1) is 11.8 Å². The third kappa shape index (κ3) is 4.73. The topological polar surface area (TPSA) is 29.1 Å². The molecule has 0 atom stereocenters. The lowest BCUT2D eigenvalue weighted by Gasteiger charge is -2.27. The monoisotopic (exact) mass is 245 g/mol.